The van der Waals surface area contributed by atoms with Gasteiger partial charge in [0.25, 0.3) is 5.91 Å². The standard InChI is InChI=1S/C14H23ClN4O/c1-5-19(6-2)9-10(3)17-14(20)11-7-12(15)18-13(8-11)16-4/h7-8,10H,5-6,9H2,1-4H3,(H,16,18)(H,17,20). The Morgan fingerprint density at radius 3 is 2.60 bits per heavy atom. The molecule has 1 amide bonds. The molecular weight excluding hydrogens is 276 g/mol. The van der Waals surface area contributed by atoms with Gasteiger partial charge in [0.15, 0.2) is 0 Å². The van der Waals surface area contributed by atoms with E-state index in [1.54, 1.807) is 19.2 Å². The molecule has 0 fully saturated rings. The molecule has 1 atom stereocenters. The van der Waals surface area contributed by atoms with E-state index in [2.05, 4.69) is 34.4 Å². The molecule has 1 aromatic heterocycles. The number of aromatic nitrogens is 1. The van der Waals surface area contributed by atoms with Crippen LogP contribution in [0.5, 0.6) is 0 Å². The molecule has 112 valence electrons. The first-order valence-electron chi connectivity index (χ1n) is 6.88. The lowest BCUT2D eigenvalue weighted by Gasteiger charge is -2.23. The van der Waals surface area contributed by atoms with Crippen LogP contribution < -0.4 is 10.6 Å². The molecule has 0 spiro atoms. The Morgan fingerprint density at radius 1 is 1.40 bits per heavy atom. The summed E-state index contributed by atoms with van der Waals surface area (Å²) in [4.78, 5) is 18.5. The lowest BCUT2D eigenvalue weighted by atomic mass is 10.2. The molecule has 0 saturated heterocycles. The van der Waals surface area contributed by atoms with Crippen LogP contribution in [0.15, 0.2) is 12.1 Å². The van der Waals surface area contributed by atoms with Gasteiger partial charge in [-0.3, -0.25) is 4.79 Å². The van der Waals surface area contributed by atoms with Gasteiger partial charge in [0.05, 0.1) is 0 Å². The monoisotopic (exact) mass is 298 g/mol. The van der Waals surface area contributed by atoms with Crippen molar-refractivity contribution in [3.63, 3.8) is 0 Å². The first-order chi connectivity index (χ1) is 9.49. The van der Waals surface area contributed by atoms with Crippen molar-refractivity contribution in [2.75, 3.05) is 32.0 Å². The number of hydrogen-bond acceptors (Lipinski definition) is 4. The summed E-state index contributed by atoms with van der Waals surface area (Å²) in [5, 5.41) is 6.17. The highest BCUT2D eigenvalue weighted by atomic mass is 35.5. The number of amides is 1. The molecule has 0 aliphatic heterocycles. The highest BCUT2D eigenvalue weighted by Crippen LogP contribution is 2.14. The van der Waals surface area contributed by atoms with Crippen molar-refractivity contribution < 1.29 is 4.79 Å². The van der Waals surface area contributed by atoms with Crippen LogP contribution in [-0.2, 0) is 0 Å². The number of carbonyl (C=O) groups excluding carboxylic acids is 1. The third-order valence-corrected chi connectivity index (χ3v) is 3.31. The number of hydrogen-bond donors (Lipinski definition) is 2. The van der Waals surface area contributed by atoms with Gasteiger partial charge in [-0.2, -0.15) is 0 Å². The Labute approximate surface area is 125 Å². The summed E-state index contributed by atoms with van der Waals surface area (Å²) in [6, 6.07) is 3.33. The third kappa shape index (κ3) is 4.98. The number of rotatable bonds is 7. The molecule has 1 aromatic rings. The van der Waals surface area contributed by atoms with E-state index in [1.165, 1.54) is 0 Å². The van der Waals surface area contributed by atoms with E-state index in [-0.39, 0.29) is 11.9 Å². The van der Waals surface area contributed by atoms with Crippen molar-refractivity contribution in [1.82, 2.24) is 15.2 Å². The summed E-state index contributed by atoms with van der Waals surface area (Å²) >= 11 is 5.90. The number of pyridine rings is 1. The number of anilines is 1. The van der Waals surface area contributed by atoms with Crippen molar-refractivity contribution in [3.8, 4) is 0 Å². The molecule has 0 radical (unpaired) electrons. The maximum absolute atomic E-state index is 12.2. The van der Waals surface area contributed by atoms with E-state index in [9.17, 15) is 4.79 Å². The quantitative estimate of drug-likeness (QED) is 0.758. The van der Waals surface area contributed by atoms with Crippen molar-refractivity contribution in [2.24, 2.45) is 0 Å². The molecule has 20 heavy (non-hydrogen) atoms. The van der Waals surface area contributed by atoms with Gasteiger partial charge in [-0.1, -0.05) is 25.4 Å². The van der Waals surface area contributed by atoms with E-state index in [0.717, 1.165) is 19.6 Å². The lowest BCUT2D eigenvalue weighted by Crippen LogP contribution is -2.41. The predicted molar refractivity (Wildman–Crippen MR) is 83.5 cm³/mol. The Kier molecular flexibility index (Phi) is 6.75. The number of carbonyl (C=O) groups is 1. The van der Waals surface area contributed by atoms with Gasteiger partial charge in [-0.25, -0.2) is 4.98 Å². The normalized spacial score (nSPS) is 12.3. The minimum atomic E-state index is -0.134. The molecule has 2 N–H and O–H groups in total. The lowest BCUT2D eigenvalue weighted by molar-refractivity contribution is 0.0930. The zero-order chi connectivity index (χ0) is 15.1. The molecule has 1 heterocycles. The predicted octanol–water partition coefficient (Wildman–Crippen LogP) is 2.24. The highest BCUT2D eigenvalue weighted by molar-refractivity contribution is 6.29. The topological polar surface area (TPSA) is 57.3 Å². The fraction of sp³-hybridized carbons (Fsp3) is 0.571. The summed E-state index contributed by atoms with van der Waals surface area (Å²) < 4.78 is 0. The van der Waals surface area contributed by atoms with E-state index < -0.39 is 0 Å². The van der Waals surface area contributed by atoms with Crippen molar-refractivity contribution >= 4 is 23.3 Å². The Morgan fingerprint density at radius 2 is 2.05 bits per heavy atom. The van der Waals surface area contributed by atoms with Gasteiger partial charge in [0.1, 0.15) is 11.0 Å². The molecule has 0 saturated carbocycles. The van der Waals surface area contributed by atoms with E-state index in [0.29, 0.717) is 16.5 Å². The molecule has 1 rings (SSSR count). The first kappa shape index (κ1) is 16.7. The van der Waals surface area contributed by atoms with Crippen molar-refractivity contribution in [3.05, 3.63) is 22.8 Å². The molecule has 0 aliphatic rings. The second-order valence-electron chi connectivity index (χ2n) is 4.67. The number of nitrogens with one attached hydrogen (secondary N) is 2. The first-order valence-corrected chi connectivity index (χ1v) is 7.26. The van der Waals surface area contributed by atoms with Crippen LogP contribution in [0.25, 0.3) is 0 Å². The maximum Gasteiger partial charge on any atom is 0.251 e. The summed E-state index contributed by atoms with van der Waals surface area (Å²) in [7, 11) is 1.74. The van der Waals surface area contributed by atoms with Gasteiger partial charge in [-0.05, 0) is 32.1 Å². The van der Waals surface area contributed by atoms with Crippen LogP contribution in [0.1, 0.15) is 31.1 Å². The maximum atomic E-state index is 12.2. The van der Waals surface area contributed by atoms with Gasteiger partial charge < -0.3 is 15.5 Å². The van der Waals surface area contributed by atoms with Gasteiger partial charge in [0, 0.05) is 25.2 Å². The van der Waals surface area contributed by atoms with Crippen LogP contribution in [0.3, 0.4) is 0 Å². The average Bonchev–Trinajstić information content (AvgIpc) is 2.43. The zero-order valence-corrected chi connectivity index (χ0v) is 13.3. The number of nitrogens with zero attached hydrogens (tertiary/aromatic N) is 2. The summed E-state index contributed by atoms with van der Waals surface area (Å²) in [6.07, 6.45) is 0. The molecule has 5 nitrogen and oxygen atoms in total. The number of likely N-dealkylation sites (N-methyl/N-ethyl adjacent to an activating group) is 1. The molecule has 0 aliphatic carbocycles. The molecule has 0 bridgehead atoms. The van der Waals surface area contributed by atoms with Crippen LogP contribution >= 0.6 is 11.6 Å². The fourth-order valence-electron chi connectivity index (χ4n) is 1.98. The zero-order valence-electron chi connectivity index (χ0n) is 12.5. The van der Waals surface area contributed by atoms with Crippen LogP contribution in [0.4, 0.5) is 5.82 Å². The smallest absolute Gasteiger partial charge is 0.251 e. The van der Waals surface area contributed by atoms with Gasteiger partial charge in [-0.15, -0.1) is 0 Å². The number of halogens is 1. The second kappa shape index (κ2) is 8.07. The summed E-state index contributed by atoms with van der Waals surface area (Å²) in [6.45, 7) is 9.00. The van der Waals surface area contributed by atoms with Gasteiger partial charge in [0.2, 0.25) is 0 Å². The summed E-state index contributed by atoms with van der Waals surface area (Å²) in [5.41, 5.74) is 0.515. The van der Waals surface area contributed by atoms with E-state index in [4.69, 9.17) is 11.6 Å². The van der Waals surface area contributed by atoms with Crippen LogP contribution in [-0.4, -0.2) is 48.5 Å². The largest absolute Gasteiger partial charge is 0.373 e. The summed E-state index contributed by atoms with van der Waals surface area (Å²) in [5.74, 6) is 0.449. The Bertz CT molecular complexity index is 449. The minimum Gasteiger partial charge on any atom is -0.373 e. The van der Waals surface area contributed by atoms with Crippen molar-refractivity contribution in [2.45, 2.75) is 26.8 Å². The second-order valence-corrected chi connectivity index (χ2v) is 5.06. The van der Waals surface area contributed by atoms with Gasteiger partial charge >= 0.3 is 0 Å². The fourth-order valence-corrected chi connectivity index (χ4v) is 2.19. The Hall–Kier alpha value is -1.33. The third-order valence-electron chi connectivity index (χ3n) is 3.12. The molecule has 0 aromatic carbocycles. The SMILES string of the molecule is CCN(CC)CC(C)NC(=O)c1cc(Cl)nc(NC)c1. The Balaban J connectivity index is 2.68. The minimum absolute atomic E-state index is 0.0763. The van der Waals surface area contributed by atoms with E-state index in [1.807, 2.05) is 6.92 Å². The average molecular weight is 299 g/mol. The van der Waals surface area contributed by atoms with Crippen LogP contribution in [0.2, 0.25) is 5.15 Å². The van der Waals surface area contributed by atoms with E-state index >= 15 is 0 Å². The molecular formula is C14H23ClN4O. The molecule has 6 heteroatoms. The van der Waals surface area contributed by atoms with Crippen molar-refractivity contribution in [1.29, 1.82) is 0 Å². The highest BCUT2D eigenvalue weighted by Gasteiger charge is 2.13. The van der Waals surface area contributed by atoms with Crippen LogP contribution in [0, 0.1) is 0 Å². The molecule has 1 unspecified atom stereocenters.